The molecular weight excluding hydrogens is 563 g/mol. The summed E-state index contributed by atoms with van der Waals surface area (Å²) in [5.41, 5.74) is 1.35. The van der Waals surface area contributed by atoms with Crippen molar-refractivity contribution in [1.29, 1.82) is 0 Å². The molecule has 0 fully saturated rings. The van der Waals surface area contributed by atoms with Crippen molar-refractivity contribution in [3.05, 3.63) is 131 Å². The maximum Gasteiger partial charge on any atom is 0.418 e. The number of benzene rings is 4. The minimum absolute atomic E-state index is 0.0485. The molecule has 3 N–H and O–H groups in total. The van der Waals surface area contributed by atoms with E-state index in [4.69, 9.17) is 0 Å². The lowest BCUT2D eigenvalue weighted by molar-refractivity contribution is -0.137. The van der Waals surface area contributed by atoms with Gasteiger partial charge in [0, 0.05) is 16.1 Å². The minimum atomic E-state index is -4.59. The molecule has 0 unspecified atom stereocenters. The zero-order valence-corrected chi connectivity index (χ0v) is 23.2. The van der Waals surface area contributed by atoms with E-state index < -0.39 is 29.5 Å². The Hall–Kier alpha value is -4.83. The van der Waals surface area contributed by atoms with Crippen LogP contribution >= 0.6 is 11.8 Å². The molecule has 6 nitrogen and oxygen atoms in total. The summed E-state index contributed by atoms with van der Waals surface area (Å²) in [4.78, 5) is 39.0. The van der Waals surface area contributed by atoms with Crippen LogP contribution in [0.1, 0.15) is 27.0 Å². The molecule has 0 aromatic heterocycles. The second-order valence-corrected chi connectivity index (χ2v) is 10.1. The number of nitrogens with one attached hydrogen (secondary N) is 3. The Labute approximate surface area is 245 Å². The van der Waals surface area contributed by atoms with Crippen LogP contribution in [0.25, 0.3) is 6.08 Å². The topological polar surface area (TPSA) is 87.3 Å². The first-order valence-electron chi connectivity index (χ1n) is 12.7. The van der Waals surface area contributed by atoms with E-state index >= 15 is 0 Å². The van der Waals surface area contributed by atoms with Gasteiger partial charge in [0.1, 0.15) is 5.70 Å². The average Bonchev–Trinajstić information content (AvgIpc) is 2.97. The quantitative estimate of drug-likeness (QED) is 0.143. The van der Waals surface area contributed by atoms with Crippen LogP contribution in [-0.4, -0.2) is 23.5 Å². The molecule has 0 radical (unpaired) electrons. The summed E-state index contributed by atoms with van der Waals surface area (Å²) in [6.07, 6.45) is -2.98. The Balaban J connectivity index is 1.41. The highest BCUT2D eigenvalue weighted by Gasteiger charge is 2.33. The average molecular weight is 590 g/mol. The normalized spacial score (nSPS) is 11.5. The standard InChI is InChI=1S/C32H26F3N3O3S/c1-21-9-5-6-12-23(21)19-28(38-30(40)22-10-3-2-4-11-22)31(41)36-24-15-17-25(18-16-24)42-20-29(39)37-27-14-8-7-13-26(27)32(33,34)35/h2-19H,20H2,1H3,(H,36,41)(H,37,39)(H,38,40)/b28-19-. The van der Waals surface area contributed by atoms with E-state index in [1.807, 2.05) is 31.2 Å². The molecule has 0 spiro atoms. The first-order valence-corrected chi connectivity index (χ1v) is 13.7. The van der Waals surface area contributed by atoms with Gasteiger partial charge in [-0.1, -0.05) is 54.6 Å². The summed E-state index contributed by atoms with van der Waals surface area (Å²) < 4.78 is 39.6. The highest BCUT2D eigenvalue weighted by atomic mass is 32.2. The molecule has 10 heteroatoms. The molecule has 4 aromatic rings. The number of para-hydroxylation sites is 1. The van der Waals surface area contributed by atoms with Gasteiger partial charge in [0.05, 0.1) is 17.0 Å². The number of amides is 3. The lowest BCUT2D eigenvalue weighted by Crippen LogP contribution is -2.30. The van der Waals surface area contributed by atoms with Crippen molar-refractivity contribution in [2.24, 2.45) is 0 Å². The summed E-state index contributed by atoms with van der Waals surface area (Å²) >= 11 is 1.13. The van der Waals surface area contributed by atoms with Gasteiger partial charge in [-0.15, -0.1) is 11.8 Å². The molecular formula is C32H26F3N3O3S. The number of hydrogen-bond acceptors (Lipinski definition) is 4. The fraction of sp³-hybridized carbons (Fsp3) is 0.0938. The second kappa shape index (κ2) is 13.7. The molecule has 0 saturated carbocycles. The number of hydrogen-bond donors (Lipinski definition) is 3. The van der Waals surface area contributed by atoms with Gasteiger partial charge >= 0.3 is 6.18 Å². The molecule has 0 heterocycles. The fourth-order valence-corrected chi connectivity index (χ4v) is 4.55. The van der Waals surface area contributed by atoms with E-state index in [0.717, 1.165) is 29.0 Å². The van der Waals surface area contributed by atoms with Crippen molar-refractivity contribution in [1.82, 2.24) is 5.32 Å². The van der Waals surface area contributed by atoms with Crippen molar-refractivity contribution >= 4 is 46.9 Å². The van der Waals surface area contributed by atoms with Gasteiger partial charge in [0.15, 0.2) is 0 Å². The van der Waals surface area contributed by atoms with Gasteiger partial charge in [-0.25, -0.2) is 0 Å². The summed E-state index contributed by atoms with van der Waals surface area (Å²) in [5, 5.41) is 7.78. The maximum atomic E-state index is 13.2. The Morgan fingerprint density at radius 3 is 2.12 bits per heavy atom. The molecule has 42 heavy (non-hydrogen) atoms. The molecule has 0 bridgehead atoms. The monoisotopic (exact) mass is 589 g/mol. The second-order valence-electron chi connectivity index (χ2n) is 9.09. The van der Waals surface area contributed by atoms with Crippen LogP contribution in [-0.2, 0) is 15.8 Å². The van der Waals surface area contributed by atoms with Crippen molar-refractivity contribution < 1.29 is 27.6 Å². The molecule has 3 amide bonds. The molecule has 0 atom stereocenters. The number of aryl methyl sites for hydroxylation is 1. The number of anilines is 2. The Morgan fingerprint density at radius 1 is 0.786 bits per heavy atom. The van der Waals surface area contributed by atoms with Crippen LogP contribution in [0.4, 0.5) is 24.5 Å². The van der Waals surface area contributed by atoms with Gasteiger partial charge in [-0.3, -0.25) is 14.4 Å². The fourth-order valence-electron chi connectivity index (χ4n) is 3.85. The van der Waals surface area contributed by atoms with Crippen LogP contribution < -0.4 is 16.0 Å². The van der Waals surface area contributed by atoms with E-state index in [-0.39, 0.29) is 17.1 Å². The van der Waals surface area contributed by atoms with Crippen LogP contribution in [0.2, 0.25) is 0 Å². The van der Waals surface area contributed by atoms with E-state index in [2.05, 4.69) is 16.0 Å². The van der Waals surface area contributed by atoms with Gasteiger partial charge in [-0.2, -0.15) is 13.2 Å². The number of halogens is 3. The van der Waals surface area contributed by atoms with Crippen LogP contribution in [0.3, 0.4) is 0 Å². The zero-order chi connectivity index (χ0) is 30.1. The summed E-state index contributed by atoms with van der Waals surface area (Å²) in [6, 6.07) is 27.3. The van der Waals surface area contributed by atoms with Gasteiger partial charge in [0.25, 0.3) is 11.8 Å². The van der Waals surface area contributed by atoms with Crippen LogP contribution in [0, 0.1) is 6.92 Å². The summed E-state index contributed by atoms with van der Waals surface area (Å²) in [6.45, 7) is 1.89. The largest absolute Gasteiger partial charge is 0.418 e. The third kappa shape index (κ3) is 8.34. The van der Waals surface area contributed by atoms with Gasteiger partial charge < -0.3 is 16.0 Å². The molecule has 0 aliphatic rings. The Bertz CT molecular complexity index is 1600. The maximum absolute atomic E-state index is 13.2. The first kappa shape index (κ1) is 30.1. The van der Waals surface area contributed by atoms with Crippen LogP contribution in [0.5, 0.6) is 0 Å². The van der Waals surface area contributed by atoms with Gasteiger partial charge in [0.2, 0.25) is 5.91 Å². The first-order chi connectivity index (χ1) is 20.1. The SMILES string of the molecule is Cc1ccccc1/C=C(\NC(=O)c1ccccc1)C(=O)Nc1ccc(SCC(=O)Nc2ccccc2C(F)(F)F)cc1. The molecule has 214 valence electrons. The zero-order valence-electron chi connectivity index (χ0n) is 22.4. The van der Waals surface area contributed by atoms with Crippen LogP contribution in [0.15, 0.2) is 114 Å². The number of rotatable bonds is 9. The van der Waals surface area contributed by atoms with E-state index in [0.29, 0.717) is 16.1 Å². The molecule has 4 aromatic carbocycles. The third-order valence-electron chi connectivity index (χ3n) is 6.01. The predicted octanol–water partition coefficient (Wildman–Crippen LogP) is 7.15. The Kier molecular flexibility index (Phi) is 9.82. The van der Waals surface area contributed by atoms with E-state index in [1.165, 1.54) is 18.2 Å². The summed E-state index contributed by atoms with van der Waals surface area (Å²) in [5.74, 6) is -1.68. The lowest BCUT2D eigenvalue weighted by Gasteiger charge is -2.13. The number of carbonyl (C=O) groups is 3. The number of alkyl halides is 3. The number of carbonyl (C=O) groups excluding carboxylic acids is 3. The van der Waals surface area contributed by atoms with E-state index in [9.17, 15) is 27.6 Å². The molecule has 0 aliphatic heterocycles. The summed E-state index contributed by atoms with van der Waals surface area (Å²) in [7, 11) is 0. The Morgan fingerprint density at radius 2 is 1.43 bits per heavy atom. The molecule has 0 saturated heterocycles. The highest BCUT2D eigenvalue weighted by molar-refractivity contribution is 8.00. The van der Waals surface area contributed by atoms with Crippen molar-refractivity contribution in [2.75, 3.05) is 16.4 Å². The molecule has 0 aliphatic carbocycles. The highest BCUT2D eigenvalue weighted by Crippen LogP contribution is 2.34. The van der Waals surface area contributed by atoms with Crippen molar-refractivity contribution in [3.63, 3.8) is 0 Å². The van der Waals surface area contributed by atoms with Crippen molar-refractivity contribution in [3.8, 4) is 0 Å². The minimum Gasteiger partial charge on any atom is -0.325 e. The van der Waals surface area contributed by atoms with E-state index in [1.54, 1.807) is 60.7 Å². The molecule has 4 rings (SSSR count). The smallest absolute Gasteiger partial charge is 0.325 e. The van der Waals surface area contributed by atoms with Gasteiger partial charge in [-0.05, 0) is 72.7 Å². The predicted molar refractivity (Wildman–Crippen MR) is 159 cm³/mol. The lowest BCUT2D eigenvalue weighted by atomic mass is 10.1. The number of thioether (sulfide) groups is 1. The third-order valence-corrected chi connectivity index (χ3v) is 7.02. The van der Waals surface area contributed by atoms with Crippen molar-refractivity contribution in [2.45, 2.75) is 18.0 Å².